The fraction of sp³-hybridized carbons (Fsp3) is 0.250. The highest BCUT2D eigenvalue weighted by Crippen LogP contribution is 2.30. The van der Waals surface area contributed by atoms with Crippen LogP contribution in [0, 0.1) is 0 Å². The molecule has 0 radical (unpaired) electrons. The maximum absolute atomic E-state index is 12.7. The first-order valence-electron chi connectivity index (χ1n) is 8.83. The third kappa shape index (κ3) is 7.14. The van der Waals surface area contributed by atoms with Gasteiger partial charge in [-0.15, -0.1) is 0 Å². The van der Waals surface area contributed by atoms with Crippen LogP contribution < -0.4 is 25.4 Å². The van der Waals surface area contributed by atoms with Crippen LogP contribution in [-0.4, -0.2) is 41.0 Å². The Balaban J connectivity index is 2.10. The van der Waals surface area contributed by atoms with Crippen molar-refractivity contribution in [3.63, 3.8) is 0 Å². The van der Waals surface area contributed by atoms with Crippen LogP contribution in [0.15, 0.2) is 42.5 Å². The van der Waals surface area contributed by atoms with Crippen LogP contribution >= 0.6 is 47.0 Å². The van der Waals surface area contributed by atoms with Gasteiger partial charge in [0.25, 0.3) is 5.91 Å². The van der Waals surface area contributed by atoms with Crippen LogP contribution in [0.5, 0.6) is 11.5 Å². The Morgan fingerprint density at radius 1 is 0.935 bits per heavy atom. The number of anilines is 1. The molecule has 11 heteroatoms. The minimum atomic E-state index is -1.92. The molecule has 0 bridgehead atoms. The van der Waals surface area contributed by atoms with Gasteiger partial charge in [-0.05, 0) is 61.6 Å². The molecule has 0 unspecified atom stereocenters. The smallest absolute Gasteiger partial charge is 0.253 e. The molecule has 0 heterocycles. The number of hydrogen-bond donors (Lipinski definition) is 3. The molecular formula is C20H20Cl3N3O4S. The number of ketones is 1. The number of rotatable bonds is 7. The molecule has 166 valence electrons. The van der Waals surface area contributed by atoms with E-state index in [0.717, 1.165) is 0 Å². The molecule has 2 aromatic carbocycles. The first-order valence-corrected chi connectivity index (χ1v) is 10.4. The number of halogens is 3. The quantitative estimate of drug-likeness (QED) is 0.224. The lowest BCUT2D eigenvalue weighted by Gasteiger charge is -2.28. The largest absolute Gasteiger partial charge is 0.493 e. The molecule has 1 amide bonds. The Bertz CT molecular complexity index is 965. The molecule has 3 N–H and O–H groups in total. The molecule has 0 aliphatic heterocycles. The predicted octanol–water partition coefficient (Wildman–Crippen LogP) is 4.32. The zero-order chi connectivity index (χ0) is 23.2. The van der Waals surface area contributed by atoms with Gasteiger partial charge in [0.2, 0.25) is 3.79 Å². The van der Waals surface area contributed by atoms with E-state index >= 15 is 0 Å². The van der Waals surface area contributed by atoms with Gasteiger partial charge >= 0.3 is 0 Å². The highest BCUT2D eigenvalue weighted by molar-refractivity contribution is 7.80. The Morgan fingerprint density at radius 3 is 2.03 bits per heavy atom. The van der Waals surface area contributed by atoms with Crippen LogP contribution in [0.2, 0.25) is 0 Å². The van der Waals surface area contributed by atoms with E-state index in [0.29, 0.717) is 22.7 Å². The summed E-state index contributed by atoms with van der Waals surface area (Å²) < 4.78 is 8.44. The molecule has 0 saturated heterocycles. The number of Topliss-reactive ketones (excluding diaryl/α,β-unsaturated/α-hetero) is 1. The van der Waals surface area contributed by atoms with Gasteiger partial charge < -0.3 is 25.4 Å². The van der Waals surface area contributed by atoms with E-state index in [1.165, 1.54) is 27.2 Å². The molecule has 7 nitrogen and oxygen atoms in total. The minimum Gasteiger partial charge on any atom is -0.493 e. The van der Waals surface area contributed by atoms with Crippen LogP contribution in [0.25, 0.3) is 0 Å². The van der Waals surface area contributed by atoms with Crippen LogP contribution in [0.3, 0.4) is 0 Å². The summed E-state index contributed by atoms with van der Waals surface area (Å²) >= 11 is 23.3. The summed E-state index contributed by atoms with van der Waals surface area (Å²) in [5.41, 5.74) is 1.43. The highest BCUT2D eigenvalue weighted by atomic mass is 35.6. The van der Waals surface area contributed by atoms with Crippen LogP contribution in [0.4, 0.5) is 5.69 Å². The molecule has 2 rings (SSSR count). The highest BCUT2D eigenvalue weighted by Gasteiger charge is 2.35. The van der Waals surface area contributed by atoms with Gasteiger partial charge in [0, 0.05) is 16.8 Å². The summed E-state index contributed by atoms with van der Waals surface area (Å²) in [6.45, 7) is 1.47. The fourth-order valence-electron chi connectivity index (χ4n) is 2.48. The second-order valence-electron chi connectivity index (χ2n) is 6.25. The summed E-state index contributed by atoms with van der Waals surface area (Å²) in [5.74, 6) is 0.260. The summed E-state index contributed by atoms with van der Waals surface area (Å²) in [4.78, 5) is 24.1. The number of amides is 1. The molecule has 31 heavy (non-hydrogen) atoms. The third-order valence-corrected chi connectivity index (χ3v) is 4.95. The minimum absolute atomic E-state index is 0.0543. The van der Waals surface area contributed by atoms with E-state index in [-0.39, 0.29) is 16.5 Å². The lowest BCUT2D eigenvalue weighted by atomic mass is 10.1. The van der Waals surface area contributed by atoms with Crippen molar-refractivity contribution < 1.29 is 19.1 Å². The molecule has 0 aromatic heterocycles. The maximum atomic E-state index is 12.7. The number of ether oxygens (including phenoxy) is 2. The Kier molecular flexibility index (Phi) is 8.76. The van der Waals surface area contributed by atoms with Crippen molar-refractivity contribution in [2.24, 2.45) is 0 Å². The number of methoxy groups -OCH3 is 2. The number of alkyl halides is 3. The fourth-order valence-corrected chi connectivity index (χ4v) is 3.04. The summed E-state index contributed by atoms with van der Waals surface area (Å²) in [5, 5.41) is 8.35. The number of hydrogen-bond acceptors (Lipinski definition) is 5. The van der Waals surface area contributed by atoms with Gasteiger partial charge in [0.15, 0.2) is 22.4 Å². The molecule has 0 fully saturated rings. The zero-order valence-corrected chi connectivity index (χ0v) is 19.9. The van der Waals surface area contributed by atoms with Crippen molar-refractivity contribution >= 4 is 69.5 Å². The van der Waals surface area contributed by atoms with E-state index in [4.69, 9.17) is 56.5 Å². The normalized spacial score (nSPS) is 11.8. The molecule has 2 aromatic rings. The van der Waals surface area contributed by atoms with E-state index in [2.05, 4.69) is 16.0 Å². The Hall–Kier alpha value is -2.26. The van der Waals surface area contributed by atoms with E-state index < -0.39 is 15.9 Å². The zero-order valence-electron chi connectivity index (χ0n) is 16.8. The Morgan fingerprint density at radius 2 is 1.52 bits per heavy atom. The lowest BCUT2D eigenvalue weighted by molar-refractivity contribution is 0.0933. The SMILES string of the molecule is COc1ccc(C(=O)N[C@H](NC(=S)Nc2ccc(C(C)=O)cc2)C(Cl)(Cl)Cl)cc1OC. The van der Waals surface area contributed by atoms with Crippen molar-refractivity contribution in [3.05, 3.63) is 53.6 Å². The topological polar surface area (TPSA) is 88.7 Å². The number of carbonyl (C=O) groups is 2. The van der Waals surface area contributed by atoms with Gasteiger partial charge in [-0.1, -0.05) is 34.8 Å². The summed E-state index contributed by atoms with van der Waals surface area (Å²) in [6.07, 6.45) is -1.16. The number of carbonyl (C=O) groups excluding carboxylic acids is 2. The summed E-state index contributed by atoms with van der Waals surface area (Å²) in [7, 11) is 2.94. The maximum Gasteiger partial charge on any atom is 0.253 e. The molecular weight excluding hydrogens is 485 g/mol. The molecule has 0 aliphatic carbocycles. The summed E-state index contributed by atoms with van der Waals surface area (Å²) in [6, 6.07) is 11.3. The van der Waals surface area contributed by atoms with Crippen LogP contribution in [0.1, 0.15) is 27.6 Å². The van der Waals surface area contributed by atoms with Gasteiger partial charge in [0.05, 0.1) is 14.2 Å². The van der Waals surface area contributed by atoms with Gasteiger partial charge in [-0.2, -0.15) is 0 Å². The second kappa shape index (κ2) is 10.9. The third-order valence-electron chi connectivity index (χ3n) is 4.07. The number of thiocarbonyl (C=S) groups is 1. The van der Waals surface area contributed by atoms with Crippen molar-refractivity contribution in [1.29, 1.82) is 0 Å². The molecule has 1 atom stereocenters. The average Bonchev–Trinajstić information content (AvgIpc) is 2.72. The van der Waals surface area contributed by atoms with Crippen molar-refractivity contribution in [2.75, 3.05) is 19.5 Å². The first kappa shape index (κ1) is 25.0. The van der Waals surface area contributed by atoms with E-state index in [9.17, 15) is 9.59 Å². The van der Waals surface area contributed by atoms with Gasteiger partial charge in [-0.25, -0.2) is 0 Å². The number of benzene rings is 2. The second-order valence-corrected chi connectivity index (χ2v) is 9.03. The van der Waals surface area contributed by atoms with E-state index in [1.54, 1.807) is 36.4 Å². The predicted molar refractivity (Wildman–Crippen MR) is 127 cm³/mol. The Labute approximate surface area is 200 Å². The van der Waals surface area contributed by atoms with Gasteiger partial charge in [-0.3, -0.25) is 9.59 Å². The lowest BCUT2D eigenvalue weighted by Crippen LogP contribution is -2.56. The average molecular weight is 505 g/mol. The monoisotopic (exact) mass is 503 g/mol. The number of nitrogens with one attached hydrogen (secondary N) is 3. The van der Waals surface area contributed by atoms with E-state index in [1.807, 2.05) is 0 Å². The van der Waals surface area contributed by atoms with Crippen LogP contribution in [-0.2, 0) is 0 Å². The van der Waals surface area contributed by atoms with Crippen molar-refractivity contribution in [1.82, 2.24) is 10.6 Å². The van der Waals surface area contributed by atoms with Crippen molar-refractivity contribution in [2.45, 2.75) is 16.9 Å². The molecule has 0 spiro atoms. The molecule has 0 saturated carbocycles. The molecule has 0 aliphatic rings. The van der Waals surface area contributed by atoms with Crippen molar-refractivity contribution in [3.8, 4) is 11.5 Å². The standard InChI is InChI=1S/C20H20Cl3N3O4S/c1-11(27)12-4-7-14(8-5-12)24-19(31)26-18(20(21,22)23)25-17(28)13-6-9-15(29-2)16(10-13)30-3/h4-10,18H,1-3H3,(H,25,28)(H2,24,26,31)/t18-/m1/s1. The van der Waals surface area contributed by atoms with Gasteiger partial charge in [0.1, 0.15) is 6.17 Å². The first-order chi connectivity index (χ1) is 14.5.